The van der Waals surface area contributed by atoms with E-state index in [1.807, 2.05) is 20.8 Å². The van der Waals surface area contributed by atoms with Crippen molar-refractivity contribution in [2.24, 2.45) is 5.73 Å². The van der Waals surface area contributed by atoms with E-state index in [4.69, 9.17) is 10.2 Å². The van der Waals surface area contributed by atoms with E-state index in [0.717, 1.165) is 16.9 Å². The number of nitrogens with one attached hydrogen (secondary N) is 1. The highest BCUT2D eigenvalue weighted by Crippen LogP contribution is 2.33. The number of amides is 2. The van der Waals surface area contributed by atoms with Gasteiger partial charge in [-0.05, 0) is 25.3 Å². The van der Waals surface area contributed by atoms with Crippen molar-refractivity contribution in [3.8, 4) is 0 Å². The number of anilines is 1. The Balaban J connectivity index is 2.35. The molecule has 0 saturated carbocycles. The molecule has 0 spiro atoms. The molecule has 0 fully saturated rings. The first kappa shape index (κ1) is 15.2. The summed E-state index contributed by atoms with van der Waals surface area (Å²) in [6.07, 6.45) is 2.60. The first-order valence-corrected chi connectivity index (χ1v) is 7.46. The lowest BCUT2D eigenvalue weighted by molar-refractivity contribution is 0.0996. The van der Waals surface area contributed by atoms with Crippen LogP contribution in [0, 0.1) is 6.92 Å². The number of aryl methyl sites for hydroxylation is 2. The summed E-state index contributed by atoms with van der Waals surface area (Å²) >= 11 is 1.36. The molecule has 2 rings (SSSR count). The molecule has 112 valence electrons. The Bertz CT molecular complexity index is 688. The number of primary amides is 1. The Morgan fingerprint density at radius 3 is 2.67 bits per heavy atom. The molecule has 0 unspecified atom stereocenters. The Morgan fingerprint density at radius 2 is 2.10 bits per heavy atom. The first-order chi connectivity index (χ1) is 9.99. The van der Waals surface area contributed by atoms with Crippen molar-refractivity contribution >= 4 is 28.2 Å². The molecule has 2 heterocycles. The largest absolute Gasteiger partial charge is 0.438 e. The minimum absolute atomic E-state index is 0.164. The molecule has 6 nitrogen and oxygen atoms in total. The molecule has 0 saturated heterocycles. The number of carbonyl (C=O) groups excluding carboxylic acids is 2. The molecular weight excluding hydrogens is 290 g/mol. The Morgan fingerprint density at radius 1 is 1.38 bits per heavy atom. The molecule has 2 aromatic rings. The van der Waals surface area contributed by atoms with E-state index < -0.39 is 11.8 Å². The van der Waals surface area contributed by atoms with Gasteiger partial charge < -0.3 is 15.5 Å². The Hall–Kier alpha value is -2.15. The lowest BCUT2D eigenvalue weighted by Crippen LogP contribution is -2.18. The second kappa shape index (κ2) is 6.09. The number of nitrogens with two attached hydrogens (primary N) is 1. The zero-order chi connectivity index (χ0) is 15.6. The molecular formula is C14H17N3O3S. The Kier molecular flexibility index (Phi) is 4.42. The fourth-order valence-electron chi connectivity index (χ4n) is 2.15. The third-order valence-corrected chi connectivity index (χ3v) is 4.57. The summed E-state index contributed by atoms with van der Waals surface area (Å²) in [5, 5.41) is 3.17. The Labute approximate surface area is 126 Å². The van der Waals surface area contributed by atoms with E-state index in [1.165, 1.54) is 17.7 Å². The monoisotopic (exact) mass is 307 g/mol. The van der Waals surface area contributed by atoms with Crippen molar-refractivity contribution in [3.63, 3.8) is 0 Å². The van der Waals surface area contributed by atoms with Gasteiger partial charge in [0.25, 0.3) is 11.8 Å². The van der Waals surface area contributed by atoms with Crippen LogP contribution >= 0.6 is 11.3 Å². The second-order valence-electron chi connectivity index (χ2n) is 4.51. The van der Waals surface area contributed by atoms with Crippen LogP contribution in [0.15, 0.2) is 10.8 Å². The van der Waals surface area contributed by atoms with E-state index in [0.29, 0.717) is 22.7 Å². The van der Waals surface area contributed by atoms with Gasteiger partial charge in [-0.25, -0.2) is 4.98 Å². The van der Waals surface area contributed by atoms with Gasteiger partial charge in [0, 0.05) is 4.88 Å². The van der Waals surface area contributed by atoms with Crippen LogP contribution in [0.1, 0.15) is 50.9 Å². The fourth-order valence-corrected chi connectivity index (χ4v) is 3.29. The maximum atomic E-state index is 12.2. The summed E-state index contributed by atoms with van der Waals surface area (Å²) in [5.41, 5.74) is 7.18. The highest BCUT2D eigenvalue weighted by molar-refractivity contribution is 7.17. The summed E-state index contributed by atoms with van der Waals surface area (Å²) < 4.78 is 5.12. The number of thiophene rings is 1. The highest BCUT2D eigenvalue weighted by Gasteiger charge is 2.22. The molecule has 0 aliphatic rings. The van der Waals surface area contributed by atoms with Crippen molar-refractivity contribution < 1.29 is 14.0 Å². The number of carbonyl (C=O) groups is 2. The molecule has 0 radical (unpaired) electrons. The summed E-state index contributed by atoms with van der Waals surface area (Å²) in [6, 6.07) is 0. The number of rotatable bonds is 5. The number of hydrogen-bond acceptors (Lipinski definition) is 5. The molecule has 0 atom stereocenters. The molecule has 2 aromatic heterocycles. The minimum atomic E-state index is -0.549. The maximum absolute atomic E-state index is 12.2. The van der Waals surface area contributed by atoms with Crippen LogP contribution in [-0.4, -0.2) is 16.8 Å². The van der Waals surface area contributed by atoms with Gasteiger partial charge in [0.1, 0.15) is 5.00 Å². The average molecular weight is 307 g/mol. The van der Waals surface area contributed by atoms with Gasteiger partial charge in [-0.1, -0.05) is 13.8 Å². The van der Waals surface area contributed by atoms with Crippen molar-refractivity contribution in [1.29, 1.82) is 0 Å². The predicted octanol–water partition coefficient (Wildman–Crippen LogP) is 2.52. The molecule has 21 heavy (non-hydrogen) atoms. The SMILES string of the molecule is CCc1ncoc1C(=O)Nc1sc(CC)c(C)c1C(N)=O. The number of aromatic nitrogens is 1. The van der Waals surface area contributed by atoms with Crippen LogP contribution in [0.5, 0.6) is 0 Å². The van der Waals surface area contributed by atoms with Gasteiger partial charge in [-0.15, -0.1) is 11.3 Å². The van der Waals surface area contributed by atoms with Gasteiger partial charge >= 0.3 is 0 Å². The third-order valence-electron chi connectivity index (χ3n) is 3.22. The van der Waals surface area contributed by atoms with Crippen LogP contribution in [-0.2, 0) is 12.8 Å². The summed E-state index contributed by atoms with van der Waals surface area (Å²) in [5.74, 6) is -0.806. The average Bonchev–Trinajstić information content (AvgIpc) is 3.02. The van der Waals surface area contributed by atoms with Crippen LogP contribution in [0.3, 0.4) is 0 Å². The lowest BCUT2D eigenvalue weighted by Gasteiger charge is -2.03. The molecule has 3 N–H and O–H groups in total. The second-order valence-corrected chi connectivity index (χ2v) is 5.61. The molecule has 0 aliphatic carbocycles. The van der Waals surface area contributed by atoms with Gasteiger partial charge in [0.05, 0.1) is 11.3 Å². The summed E-state index contributed by atoms with van der Waals surface area (Å²) in [4.78, 5) is 28.9. The fraction of sp³-hybridized carbons (Fsp3) is 0.357. The van der Waals surface area contributed by atoms with Gasteiger partial charge in [0.2, 0.25) is 5.76 Å². The van der Waals surface area contributed by atoms with E-state index in [-0.39, 0.29) is 5.76 Å². The van der Waals surface area contributed by atoms with Crippen molar-refractivity contribution in [3.05, 3.63) is 33.9 Å². The first-order valence-electron chi connectivity index (χ1n) is 6.65. The zero-order valence-electron chi connectivity index (χ0n) is 12.1. The van der Waals surface area contributed by atoms with Crippen molar-refractivity contribution in [2.45, 2.75) is 33.6 Å². The molecule has 7 heteroatoms. The van der Waals surface area contributed by atoms with E-state index in [9.17, 15) is 9.59 Å². The van der Waals surface area contributed by atoms with Crippen LogP contribution in [0.4, 0.5) is 5.00 Å². The molecule has 0 bridgehead atoms. The van der Waals surface area contributed by atoms with Gasteiger partial charge in [0.15, 0.2) is 6.39 Å². The smallest absolute Gasteiger partial charge is 0.294 e. The molecule has 0 aromatic carbocycles. The third kappa shape index (κ3) is 2.82. The van der Waals surface area contributed by atoms with Gasteiger partial charge in [-0.2, -0.15) is 0 Å². The van der Waals surface area contributed by atoms with E-state index in [2.05, 4.69) is 10.3 Å². The van der Waals surface area contributed by atoms with Crippen molar-refractivity contribution in [1.82, 2.24) is 4.98 Å². The van der Waals surface area contributed by atoms with Gasteiger partial charge in [-0.3, -0.25) is 9.59 Å². The quantitative estimate of drug-likeness (QED) is 0.886. The topological polar surface area (TPSA) is 98.2 Å². The summed E-state index contributed by atoms with van der Waals surface area (Å²) in [7, 11) is 0. The molecule has 2 amide bonds. The van der Waals surface area contributed by atoms with Crippen LogP contribution < -0.4 is 11.1 Å². The highest BCUT2D eigenvalue weighted by atomic mass is 32.1. The van der Waals surface area contributed by atoms with Crippen molar-refractivity contribution in [2.75, 3.05) is 5.32 Å². The van der Waals surface area contributed by atoms with Crippen LogP contribution in [0.2, 0.25) is 0 Å². The molecule has 0 aliphatic heterocycles. The summed E-state index contributed by atoms with van der Waals surface area (Å²) in [6.45, 7) is 5.70. The van der Waals surface area contributed by atoms with Crippen LogP contribution in [0.25, 0.3) is 0 Å². The zero-order valence-corrected chi connectivity index (χ0v) is 13.0. The number of hydrogen-bond donors (Lipinski definition) is 2. The minimum Gasteiger partial charge on any atom is -0.438 e. The van der Waals surface area contributed by atoms with E-state index in [1.54, 1.807) is 0 Å². The lowest BCUT2D eigenvalue weighted by atomic mass is 10.1. The van der Waals surface area contributed by atoms with E-state index >= 15 is 0 Å². The predicted molar refractivity (Wildman–Crippen MR) is 80.8 cm³/mol. The number of oxazole rings is 1. The standard InChI is InChI=1S/C14H17N3O3S/c1-4-8-11(20-6-16-8)13(19)17-14-10(12(15)18)7(3)9(5-2)21-14/h6H,4-5H2,1-3H3,(H2,15,18)(H,17,19). The maximum Gasteiger partial charge on any atom is 0.294 e. The normalized spacial score (nSPS) is 10.6. The number of nitrogens with zero attached hydrogens (tertiary/aromatic N) is 1.